The number of rotatable bonds is 6. The Morgan fingerprint density at radius 2 is 2.24 bits per heavy atom. The zero-order valence-electron chi connectivity index (χ0n) is 9.73. The second kappa shape index (κ2) is 6.27. The Morgan fingerprint density at radius 3 is 2.76 bits per heavy atom. The Labute approximate surface area is 99.2 Å². The highest BCUT2D eigenvalue weighted by atomic mass is 19.1. The first-order valence-corrected chi connectivity index (χ1v) is 5.44. The minimum absolute atomic E-state index is 0.328. The van der Waals surface area contributed by atoms with E-state index < -0.39 is 16.4 Å². The molecule has 2 N–H and O–H groups in total. The summed E-state index contributed by atoms with van der Waals surface area (Å²) in [4.78, 5) is 11.8. The summed E-state index contributed by atoms with van der Waals surface area (Å²) in [6, 6.07) is 4.21. The van der Waals surface area contributed by atoms with Crippen LogP contribution >= 0.6 is 0 Å². The van der Waals surface area contributed by atoms with Crippen molar-refractivity contribution in [1.29, 1.82) is 0 Å². The first-order valence-electron chi connectivity index (χ1n) is 5.44. The lowest BCUT2D eigenvalue weighted by atomic mass is 10.1. The van der Waals surface area contributed by atoms with E-state index in [9.17, 15) is 14.5 Å². The van der Waals surface area contributed by atoms with E-state index in [2.05, 4.69) is 0 Å². The molecular formula is C11H16FN3O2. The van der Waals surface area contributed by atoms with Crippen LogP contribution in [0.25, 0.3) is 0 Å². The number of hydrogen-bond acceptors (Lipinski definition) is 4. The smallest absolute Gasteiger partial charge is 0.305 e. The van der Waals surface area contributed by atoms with Gasteiger partial charge in [0.2, 0.25) is 5.82 Å². The summed E-state index contributed by atoms with van der Waals surface area (Å²) >= 11 is 0. The number of nitro benzene ring substituents is 1. The summed E-state index contributed by atoms with van der Waals surface area (Å²) in [6.45, 7) is 4.11. The summed E-state index contributed by atoms with van der Waals surface area (Å²) in [6.07, 6.45) is 0. The van der Waals surface area contributed by atoms with Gasteiger partial charge in [-0.1, -0.05) is 19.1 Å². The Balaban J connectivity index is 2.91. The monoisotopic (exact) mass is 241 g/mol. The number of hydrogen-bond donors (Lipinski definition) is 1. The van der Waals surface area contributed by atoms with E-state index >= 15 is 0 Å². The minimum atomic E-state index is -0.757. The Hall–Kier alpha value is -1.53. The summed E-state index contributed by atoms with van der Waals surface area (Å²) < 4.78 is 13.8. The average Bonchev–Trinajstić information content (AvgIpc) is 2.30. The topological polar surface area (TPSA) is 72.4 Å². The molecule has 0 heterocycles. The lowest BCUT2D eigenvalue weighted by molar-refractivity contribution is -0.387. The number of nitrogens with two attached hydrogens (primary N) is 1. The van der Waals surface area contributed by atoms with Crippen molar-refractivity contribution < 1.29 is 9.31 Å². The molecule has 1 aromatic rings. The van der Waals surface area contributed by atoms with Gasteiger partial charge in [0, 0.05) is 31.3 Å². The molecular weight excluding hydrogens is 225 g/mol. The van der Waals surface area contributed by atoms with Gasteiger partial charge in [0.15, 0.2) is 0 Å². The highest BCUT2D eigenvalue weighted by Crippen LogP contribution is 2.21. The molecule has 0 atom stereocenters. The van der Waals surface area contributed by atoms with Crippen molar-refractivity contribution in [3.05, 3.63) is 39.7 Å². The molecule has 0 aromatic heterocycles. The third-order valence-electron chi connectivity index (χ3n) is 2.54. The third-order valence-corrected chi connectivity index (χ3v) is 2.54. The molecule has 0 saturated heterocycles. The van der Waals surface area contributed by atoms with E-state index in [0.717, 1.165) is 12.6 Å². The fourth-order valence-corrected chi connectivity index (χ4v) is 1.60. The van der Waals surface area contributed by atoms with Gasteiger partial charge in [0.05, 0.1) is 4.92 Å². The van der Waals surface area contributed by atoms with Gasteiger partial charge in [0.1, 0.15) is 0 Å². The van der Waals surface area contributed by atoms with Crippen LogP contribution < -0.4 is 5.73 Å². The van der Waals surface area contributed by atoms with E-state index in [4.69, 9.17) is 5.73 Å². The van der Waals surface area contributed by atoms with Gasteiger partial charge < -0.3 is 5.73 Å². The molecule has 1 rings (SSSR count). The fraction of sp³-hybridized carbons (Fsp3) is 0.455. The highest BCUT2D eigenvalue weighted by Gasteiger charge is 2.18. The number of halogens is 1. The van der Waals surface area contributed by atoms with Gasteiger partial charge in [-0.25, -0.2) is 0 Å². The maximum absolute atomic E-state index is 13.8. The van der Waals surface area contributed by atoms with E-state index in [1.165, 1.54) is 6.07 Å². The first kappa shape index (κ1) is 13.5. The first-order chi connectivity index (χ1) is 8.10. The van der Waals surface area contributed by atoms with Crippen molar-refractivity contribution in [3.63, 3.8) is 0 Å². The van der Waals surface area contributed by atoms with Crippen molar-refractivity contribution >= 4 is 5.69 Å². The van der Waals surface area contributed by atoms with Crippen LogP contribution in [0.1, 0.15) is 12.5 Å². The third kappa shape index (κ3) is 3.47. The standard InChI is InChI=1S/C11H16FN3O2/c1-2-14(7-6-13)8-9-4-3-5-10(11(9)12)15(16)17/h3-5H,2,6-8,13H2,1H3. The molecule has 6 heteroatoms. The average molecular weight is 241 g/mol. The maximum Gasteiger partial charge on any atom is 0.305 e. The lowest BCUT2D eigenvalue weighted by Gasteiger charge is -2.19. The van der Waals surface area contributed by atoms with Gasteiger partial charge in [-0.2, -0.15) is 4.39 Å². The van der Waals surface area contributed by atoms with Crippen LogP contribution in [0.4, 0.5) is 10.1 Å². The van der Waals surface area contributed by atoms with Crippen molar-refractivity contribution in [3.8, 4) is 0 Å². The fourth-order valence-electron chi connectivity index (χ4n) is 1.60. The predicted octanol–water partition coefficient (Wildman–Crippen LogP) is 1.51. The van der Waals surface area contributed by atoms with Crippen molar-refractivity contribution in [2.24, 2.45) is 5.73 Å². The lowest BCUT2D eigenvalue weighted by Crippen LogP contribution is -2.29. The normalized spacial score (nSPS) is 10.8. The highest BCUT2D eigenvalue weighted by molar-refractivity contribution is 5.36. The SMILES string of the molecule is CCN(CCN)Cc1cccc([N+](=O)[O-])c1F. The Bertz CT molecular complexity index is 398. The number of nitrogens with zero attached hydrogens (tertiary/aromatic N) is 2. The van der Waals surface area contributed by atoms with E-state index in [1.807, 2.05) is 11.8 Å². The van der Waals surface area contributed by atoms with E-state index in [1.54, 1.807) is 6.07 Å². The van der Waals surface area contributed by atoms with Gasteiger partial charge in [0.25, 0.3) is 0 Å². The molecule has 0 saturated carbocycles. The maximum atomic E-state index is 13.8. The quantitative estimate of drug-likeness (QED) is 0.605. The molecule has 0 unspecified atom stereocenters. The number of benzene rings is 1. The van der Waals surface area contributed by atoms with Crippen LogP contribution in [-0.2, 0) is 6.54 Å². The van der Waals surface area contributed by atoms with Crippen LogP contribution in [0.15, 0.2) is 18.2 Å². The van der Waals surface area contributed by atoms with E-state index in [0.29, 0.717) is 25.2 Å². The molecule has 94 valence electrons. The molecule has 0 amide bonds. The van der Waals surface area contributed by atoms with Gasteiger partial charge in [-0.3, -0.25) is 15.0 Å². The molecule has 1 aromatic carbocycles. The second-order valence-electron chi connectivity index (χ2n) is 3.66. The molecule has 0 spiro atoms. The largest absolute Gasteiger partial charge is 0.329 e. The summed E-state index contributed by atoms with van der Waals surface area (Å²) in [5, 5.41) is 10.6. The molecule has 0 aliphatic heterocycles. The zero-order valence-corrected chi connectivity index (χ0v) is 9.73. The molecule has 0 aliphatic rings. The predicted molar refractivity (Wildman–Crippen MR) is 63.1 cm³/mol. The van der Waals surface area contributed by atoms with Crippen LogP contribution in [0.2, 0.25) is 0 Å². The van der Waals surface area contributed by atoms with Crippen molar-refractivity contribution in [2.45, 2.75) is 13.5 Å². The molecule has 0 aliphatic carbocycles. The molecule has 0 bridgehead atoms. The molecule has 5 nitrogen and oxygen atoms in total. The number of likely N-dealkylation sites (N-methyl/N-ethyl adjacent to an activating group) is 1. The van der Waals surface area contributed by atoms with Crippen molar-refractivity contribution in [2.75, 3.05) is 19.6 Å². The van der Waals surface area contributed by atoms with Gasteiger partial charge >= 0.3 is 5.69 Å². The summed E-state index contributed by atoms with van der Waals surface area (Å²) in [5.74, 6) is -0.757. The Morgan fingerprint density at radius 1 is 1.53 bits per heavy atom. The number of nitro groups is 1. The molecule has 0 fully saturated rings. The molecule has 17 heavy (non-hydrogen) atoms. The summed E-state index contributed by atoms with van der Waals surface area (Å²) in [7, 11) is 0. The van der Waals surface area contributed by atoms with Crippen LogP contribution in [0, 0.1) is 15.9 Å². The van der Waals surface area contributed by atoms with Gasteiger partial charge in [-0.05, 0) is 6.54 Å². The molecule has 0 radical (unpaired) electrons. The van der Waals surface area contributed by atoms with Crippen LogP contribution in [-0.4, -0.2) is 29.5 Å². The second-order valence-corrected chi connectivity index (χ2v) is 3.66. The zero-order chi connectivity index (χ0) is 12.8. The minimum Gasteiger partial charge on any atom is -0.329 e. The Kier molecular flexibility index (Phi) is 4.99. The van der Waals surface area contributed by atoms with Crippen LogP contribution in [0.3, 0.4) is 0 Å². The van der Waals surface area contributed by atoms with Gasteiger partial charge in [-0.15, -0.1) is 0 Å². The van der Waals surface area contributed by atoms with Crippen molar-refractivity contribution in [1.82, 2.24) is 4.90 Å². The summed E-state index contributed by atoms with van der Waals surface area (Å²) in [5.41, 5.74) is 5.28. The van der Waals surface area contributed by atoms with Crippen LogP contribution in [0.5, 0.6) is 0 Å². The van der Waals surface area contributed by atoms with E-state index in [-0.39, 0.29) is 0 Å².